The number of hydrogen-bond donors (Lipinski definition) is 11. The van der Waals surface area contributed by atoms with E-state index >= 15 is 0 Å². The Labute approximate surface area is 354 Å². The van der Waals surface area contributed by atoms with Gasteiger partial charge in [0.2, 0.25) is 53.2 Å². The van der Waals surface area contributed by atoms with Crippen molar-refractivity contribution in [3.05, 3.63) is 0 Å². The molecule has 9 amide bonds. The maximum Gasteiger partial charge on any atom is 0.243 e. The van der Waals surface area contributed by atoms with Gasteiger partial charge in [0.1, 0.15) is 36.3 Å². The van der Waals surface area contributed by atoms with Crippen molar-refractivity contribution in [2.24, 2.45) is 40.9 Å². The molecule has 8 unspecified atom stereocenters. The summed E-state index contributed by atoms with van der Waals surface area (Å²) in [5.74, 6) is -7.31. The molecule has 0 aromatic rings. The fourth-order valence-corrected chi connectivity index (χ4v) is 6.58. The molecule has 1 fully saturated rings. The van der Waals surface area contributed by atoms with Gasteiger partial charge in [0.05, 0.1) is 19.0 Å². The van der Waals surface area contributed by atoms with Crippen molar-refractivity contribution in [2.45, 2.75) is 155 Å². The highest BCUT2D eigenvalue weighted by Gasteiger charge is 2.35. The van der Waals surface area contributed by atoms with Crippen LogP contribution in [0.1, 0.15) is 113 Å². The number of rotatable bonds is 28. The SMILES string of the molecule is CCC(C)C(NC(=O)C1CCCN1)C(=O)NC(C(=O)NCC(=O)NC(CC(N)=O)C(=O)NC(CC(C)C)C(=O)NC(CC(C)C)C(=O)NC(CCCCN)C(N)=O)C(C)C. The van der Waals surface area contributed by atoms with Crippen molar-refractivity contribution in [1.29, 1.82) is 0 Å². The van der Waals surface area contributed by atoms with Crippen LogP contribution in [0.5, 0.6) is 0 Å². The van der Waals surface area contributed by atoms with Gasteiger partial charge in [-0.1, -0.05) is 61.8 Å². The first-order valence-corrected chi connectivity index (χ1v) is 21.2. The Balaban J connectivity index is 3.09. The number of nitrogens with one attached hydrogen (secondary N) is 8. The molecule has 0 saturated carbocycles. The lowest BCUT2D eigenvalue weighted by Crippen LogP contribution is -2.60. The Morgan fingerprint density at radius 2 is 1.20 bits per heavy atom. The molecule has 0 radical (unpaired) electrons. The third-order valence-corrected chi connectivity index (χ3v) is 10.2. The van der Waals surface area contributed by atoms with Gasteiger partial charge in [-0.2, -0.15) is 0 Å². The summed E-state index contributed by atoms with van der Waals surface area (Å²) in [7, 11) is 0. The van der Waals surface area contributed by atoms with Crippen LogP contribution in [0.3, 0.4) is 0 Å². The molecule has 0 aliphatic carbocycles. The quantitative estimate of drug-likeness (QED) is 0.0384. The fourth-order valence-electron chi connectivity index (χ4n) is 6.58. The standard InChI is InChI=1S/C40H73N11O9/c1-9-24(8)33(51-35(55)26-14-12-16-44-26)40(60)50-32(23(6)7)39(59)45-20-31(53)46-29(19-30(42)52)38(58)49-28(18-22(4)5)37(57)48-27(17-21(2)3)36(56)47-25(34(43)54)13-10-11-15-41/h21-29,32-33,44H,9-20,41H2,1-8H3,(H2,42,52)(H2,43,54)(H,45,59)(H,46,53)(H,47,56)(H,48,57)(H,49,58)(H,50,60)(H,51,55). The van der Waals surface area contributed by atoms with Crippen LogP contribution in [0.25, 0.3) is 0 Å². The van der Waals surface area contributed by atoms with Crippen LogP contribution < -0.4 is 59.7 Å². The highest BCUT2D eigenvalue weighted by molar-refractivity contribution is 5.98. The lowest BCUT2D eigenvalue weighted by molar-refractivity contribution is -0.136. The van der Waals surface area contributed by atoms with Gasteiger partial charge in [0, 0.05) is 0 Å². The van der Waals surface area contributed by atoms with Gasteiger partial charge < -0.3 is 59.7 Å². The molecule has 1 heterocycles. The van der Waals surface area contributed by atoms with Crippen LogP contribution in [-0.4, -0.2) is 115 Å². The van der Waals surface area contributed by atoms with Crippen LogP contribution in [0.2, 0.25) is 0 Å². The van der Waals surface area contributed by atoms with Crippen LogP contribution in [0.4, 0.5) is 0 Å². The van der Waals surface area contributed by atoms with E-state index < -0.39 is 108 Å². The van der Waals surface area contributed by atoms with E-state index in [1.807, 2.05) is 27.7 Å². The summed E-state index contributed by atoms with van der Waals surface area (Å²) < 4.78 is 0. The first kappa shape index (κ1) is 53.2. The number of carbonyl (C=O) groups excluding carboxylic acids is 9. The van der Waals surface area contributed by atoms with Crippen molar-refractivity contribution in [3.8, 4) is 0 Å². The van der Waals surface area contributed by atoms with Gasteiger partial charge in [0.25, 0.3) is 0 Å². The van der Waals surface area contributed by atoms with E-state index in [9.17, 15) is 43.2 Å². The van der Waals surface area contributed by atoms with Crippen molar-refractivity contribution in [2.75, 3.05) is 19.6 Å². The summed E-state index contributed by atoms with van der Waals surface area (Å²) in [6.07, 6.45) is 3.12. The van der Waals surface area contributed by atoms with E-state index in [1.54, 1.807) is 27.7 Å². The van der Waals surface area contributed by atoms with E-state index in [4.69, 9.17) is 17.2 Å². The molecule has 20 nitrogen and oxygen atoms in total. The average Bonchev–Trinajstić information content (AvgIpc) is 3.71. The third kappa shape index (κ3) is 19.5. The summed E-state index contributed by atoms with van der Waals surface area (Å²) in [4.78, 5) is 118. The molecule has 0 bridgehead atoms. The Kier molecular flexibility index (Phi) is 24.0. The Hall–Kier alpha value is -4.85. The Bertz CT molecular complexity index is 1470. The molecule has 20 heteroatoms. The number of amides is 9. The monoisotopic (exact) mass is 852 g/mol. The minimum absolute atomic E-state index is 0.0698. The summed E-state index contributed by atoms with van der Waals surface area (Å²) in [5, 5.41) is 21.3. The van der Waals surface area contributed by atoms with Crippen molar-refractivity contribution < 1.29 is 43.2 Å². The zero-order valence-corrected chi connectivity index (χ0v) is 36.7. The van der Waals surface area contributed by atoms with Gasteiger partial charge >= 0.3 is 0 Å². The van der Waals surface area contributed by atoms with E-state index in [0.29, 0.717) is 38.8 Å². The molecule has 0 spiro atoms. The molecule has 1 aliphatic heterocycles. The largest absolute Gasteiger partial charge is 0.370 e. The van der Waals surface area contributed by atoms with E-state index in [2.05, 4.69) is 42.5 Å². The summed E-state index contributed by atoms with van der Waals surface area (Å²) in [6.45, 7) is 14.8. The predicted molar refractivity (Wildman–Crippen MR) is 225 cm³/mol. The topological polar surface area (TPSA) is 328 Å². The molecular weight excluding hydrogens is 779 g/mol. The van der Waals surface area contributed by atoms with Gasteiger partial charge in [-0.05, 0) is 81.7 Å². The van der Waals surface area contributed by atoms with Crippen molar-refractivity contribution in [3.63, 3.8) is 0 Å². The van der Waals surface area contributed by atoms with Gasteiger partial charge in [-0.3, -0.25) is 43.2 Å². The van der Waals surface area contributed by atoms with Crippen LogP contribution in [-0.2, 0) is 43.2 Å². The van der Waals surface area contributed by atoms with Crippen LogP contribution in [0.15, 0.2) is 0 Å². The summed E-state index contributed by atoms with van der Waals surface area (Å²) >= 11 is 0. The van der Waals surface area contributed by atoms with Gasteiger partial charge in [0.15, 0.2) is 0 Å². The molecule has 60 heavy (non-hydrogen) atoms. The van der Waals surface area contributed by atoms with Gasteiger partial charge in [-0.15, -0.1) is 0 Å². The minimum atomic E-state index is -1.55. The predicted octanol–water partition coefficient (Wildman–Crippen LogP) is -1.95. The average molecular weight is 852 g/mol. The molecule has 1 rings (SSSR count). The highest BCUT2D eigenvalue weighted by atomic mass is 16.2. The Morgan fingerprint density at radius 1 is 0.650 bits per heavy atom. The van der Waals surface area contributed by atoms with E-state index in [-0.39, 0.29) is 42.9 Å². The fraction of sp³-hybridized carbons (Fsp3) is 0.775. The molecule has 342 valence electrons. The van der Waals surface area contributed by atoms with Crippen LogP contribution in [0, 0.1) is 23.7 Å². The second-order valence-corrected chi connectivity index (χ2v) is 16.9. The number of unbranched alkanes of at least 4 members (excludes halogenated alkanes) is 1. The first-order chi connectivity index (χ1) is 28.1. The normalized spacial score (nSPS) is 17.3. The lowest BCUT2D eigenvalue weighted by Gasteiger charge is -2.29. The molecule has 1 saturated heterocycles. The zero-order valence-electron chi connectivity index (χ0n) is 36.7. The lowest BCUT2D eigenvalue weighted by atomic mass is 9.96. The number of primary amides is 2. The number of hydrogen-bond acceptors (Lipinski definition) is 11. The summed E-state index contributed by atoms with van der Waals surface area (Å²) in [5.41, 5.74) is 16.5. The first-order valence-electron chi connectivity index (χ1n) is 21.2. The summed E-state index contributed by atoms with van der Waals surface area (Å²) in [6, 6.07) is -7.29. The number of carbonyl (C=O) groups is 9. The van der Waals surface area contributed by atoms with Crippen molar-refractivity contribution in [1.82, 2.24) is 42.5 Å². The smallest absolute Gasteiger partial charge is 0.243 e. The second-order valence-electron chi connectivity index (χ2n) is 16.9. The van der Waals surface area contributed by atoms with Gasteiger partial charge in [-0.25, -0.2) is 0 Å². The molecule has 14 N–H and O–H groups in total. The maximum absolute atomic E-state index is 13.7. The van der Waals surface area contributed by atoms with E-state index in [1.165, 1.54) is 0 Å². The molecule has 0 aromatic heterocycles. The van der Waals surface area contributed by atoms with Crippen molar-refractivity contribution >= 4 is 53.2 Å². The molecular formula is C40H73N11O9. The molecule has 8 atom stereocenters. The zero-order chi connectivity index (χ0) is 45.7. The second kappa shape index (κ2) is 27.1. The maximum atomic E-state index is 13.7. The van der Waals surface area contributed by atoms with Crippen LogP contribution >= 0.6 is 0 Å². The molecule has 0 aromatic carbocycles. The van der Waals surface area contributed by atoms with E-state index in [0.717, 1.165) is 6.42 Å². The highest BCUT2D eigenvalue weighted by Crippen LogP contribution is 2.14. The molecule has 1 aliphatic rings. The third-order valence-electron chi connectivity index (χ3n) is 10.2. The number of nitrogens with two attached hydrogens (primary N) is 3. The Morgan fingerprint density at radius 3 is 1.65 bits per heavy atom. The minimum Gasteiger partial charge on any atom is -0.370 e.